The van der Waals surface area contributed by atoms with E-state index in [0.717, 1.165) is 23.3 Å². The summed E-state index contributed by atoms with van der Waals surface area (Å²) in [6, 6.07) is 17.6. The van der Waals surface area contributed by atoms with Gasteiger partial charge in [0.1, 0.15) is 5.82 Å². The standard InChI is InChI=1S/C26H27FN2.ClH/c1-17-18(2)29(16-19-6-10-21(11-7-19)26(3,4)5)25-23(17)14-15-28-24(25)20-8-12-22(27)13-9-20;/h6-15H,16H2,1-5H3;1H. The van der Waals surface area contributed by atoms with E-state index in [2.05, 4.69) is 74.5 Å². The van der Waals surface area contributed by atoms with Gasteiger partial charge < -0.3 is 4.57 Å². The van der Waals surface area contributed by atoms with E-state index in [1.807, 2.05) is 6.20 Å². The lowest BCUT2D eigenvalue weighted by Crippen LogP contribution is -2.11. The minimum atomic E-state index is -0.234. The second kappa shape index (κ2) is 8.23. The van der Waals surface area contributed by atoms with Crippen LogP contribution >= 0.6 is 12.4 Å². The molecular weight excluding hydrogens is 395 g/mol. The third-order valence-corrected chi connectivity index (χ3v) is 5.82. The molecule has 2 aromatic heterocycles. The fourth-order valence-corrected chi connectivity index (χ4v) is 3.90. The Kier molecular flexibility index (Phi) is 6.05. The topological polar surface area (TPSA) is 17.8 Å². The van der Waals surface area contributed by atoms with Gasteiger partial charge in [0, 0.05) is 29.4 Å². The summed E-state index contributed by atoms with van der Waals surface area (Å²) >= 11 is 0. The van der Waals surface area contributed by atoms with Gasteiger partial charge in [-0.2, -0.15) is 0 Å². The Balaban J connectivity index is 0.00000256. The van der Waals surface area contributed by atoms with Crippen molar-refractivity contribution in [2.45, 2.75) is 46.6 Å². The average Bonchev–Trinajstić information content (AvgIpc) is 2.93. The third kappa shape index (κ3) is 3.99. The number of hydrogen-bond donors (Lipinski definition) is 0. The highest BCUT2D eigenvalue weighted by Crippen LogP contribution is 2.33. The lowest BCUT2D eigenvalue weighted by Gasteiger charge is -2.19. The molecule has 0 amide bonds. The number of aryl methyl sites for hydroxylation is 1. The number of nitrogens with zero attached hydrogens (tertiary/aromatic N) is 2. The van der Waals surface area contributed by atoms with Crippen molar-refractivity contribution < 1.29 is 4.39 Å². The highest BCUT2D eigenvalue weighted by Gasteiger charge is 2.17. The number of halogens is 2. The van der Waals surface area contributed by atoms with E-state index < -0.39 is 0 Å². The minimum absolute atomic E-state index is 0. The number of benzene rings is 2. The molecule has 0 N–H and O–H groups in total. The monoisotopic (exact) mass is 422 g/mol. The normalized spacial score (nSPS) is 11.5. The van der Waals surface area contributed by atoms with Crippen LogP contribution in [-0.4, -0.2) is 9.55 Å². The molecule has 0 aliphatic rings. The first-order valence-corrected chi connectivity index (χ1v) is 10.1. The first-order valence-electron chi connectivity index (χ1n) is 10.1. The molecule has 0 aliphatic heterocycles. The molecule has 2 heterocycles. The highest BCUT2D eigenvalue weighted by molar-refractivity contribution is 5.95. The fraction of sp³-hybridized carbons (Fsp3) is 0.269. The summed E-state index contributed by atoms with van der Waals surface area (Å²) in [5, 5.41) is 1.20. The maximum absolute atomic E-state index is 13.4. The zero-order valence-electron chi connectivity index (χ0n) is 18.2. The van der Waals surface area contributed by atoms with E-state index in [4.69, 9.17) is 0 Å². The maximum atomic E-state index is 13.4. The minimum Gasteiger partial charge on any atom is -0.338 e. The van der Waals surface area contributed by atoms with Gasteiger partial charge in [-0.05, 0) is 66.3 Å². The summed E-state index contributed by atoms with van der Waals surface area (Å²) in [7, 11) is 0. The van der Waals surface area contributed by atoms with E-state index in [9.17, 15) is 4.39 Å². The van der Waals surface area contributed by atoms with Gasteiger partial charge >= 0.3 is 0 Å². The molecule has 30 heavy (non-hydrogen) atoms. The van der Waals surface area contributed by atoms with E-state index in [1.165, 1.54) is 39.9 Å². The van der Waals surface area contributed by atoms with Crippen LogP contribution in [0.15, 0.2) is 60.8 Å². The van der Waals surface area contributed by atoms with Crippen molar-refractivity contribution in [3.05, 3.63) is 89.0 Å². The predicted octanol–water partition coefficient (Wildman–Crippen LogP) is 7.23. The van der Waals surface area contributed by atoms with Crippen molar-refractivity contribution in [1.29, 1.82) is 0 Å². The molecule has 2 nitrogen and oxygen atoms in total. The Labute approximate surface area is 184 Å². The first kappa shape index (κ1) is 22.0. The summed E-state index contributed by atoms with van der Waals surface area (Å²) in [4.78, 5) is 4.67. The molecule has 0 aliphatic carbocycles. The molecular formula is C26H28ClFN2. The Morgan fingerprint density at radius 3 is 2.13 bits per heavy atom. The Morgan fingerprint density at radius 1 is 0.900 bits per heavy atom. The quantitative estimate of drug-likeness (QED) is 0.340. The van der Waals surface area contributed by atoms with Crippen molar-refractivity contribution in [1.82, 2.24) is 9.55 Å². The van der Waals surface area contributed by atoms with Gasteiger partial charge in [-0.15, -0.1) is 12.4 Å². The van der Waals surface area contributed by atoms with Crippen molar-refractivity contribution in [3.63, 3.8) is 0 Å². The number of fused-ring (bicyclic) bond motifs is 1. The van der Waals surface area contributed by atoms with Gasteiger partial charge in [-0.1, -0.05) is 45.0 Å². The van der Waals surface area contributed by atoms with Crippen molar-refractivity contribution in [3.8, 4) is 11.3 Å². The zero-order valence-corrected chi connectivity index (χ0v) is 19.0. The summed E-state index contributed by atoms with van der Waals surface area (Å²) < 4.78 is 15.8. The van der Waals surface area contributed by atoms with Crippen LogP contribution < -0.4 is 0 Å². The fourth-order valence-electron chi connectivity index (χ4n) is 3.90. The van der Waals surface area contributed by atoms with Crippen LogP contribution in [0.5, 0.6) is 0 Å². The van der Waals surface area contributed by atoms with E-state index in [0.29, 0.717) is 0 Å². The van der Waals surface area contributed by atoms with Crippen molar-refractivity contribution in [2.75, 3.05) is 0 Å². The van der Waals surface area contributed by atoms with Crippen LogP contribution in [0.3, 0.4) is 0 Å². The molecule has 4 heteroatoms. The van der Waals surface area contributed by atoms with Gasteiger partial charge in [0.05, 0.1) is 11.2 Å². The van der Waals surface area contributed by atoms with Crippen molar-refractivity contribution in [2.24, 2.45) is 0 Å². The van der Waals surface area contributed by atoms with Gasteiger partial charge in [-0.25, -0.2) is 4.39 Å². The van der Waals surface area contributed by atoms with Gasteiger partial charge in [0.2, 0.25) is 0 Å². The van der Waals surface area contributed by atoms with Crippen LogP contribution in [-0.2, 0) is 12.0 Å². The van der Waals surface area contributed by atoms with E-state index in [1.54, 1.807) is 12.1 Å². The van der Waals surface area contributed by atoms with Crippen LogP contribution in [0, 0.1) is 19.7 Å². The number of pyridine rings is 1. The number of hydrogen-bond acceptors (Lipinski definition) is 1. The van der Waals surface area contributed by atoms with E-state index >= 15 is 0 Å². The molecule has 0 saturated heterocycles. The maximum Gasteiger partial charge on any atom is 0.123 e. The van der Waals surface area contributed by atoms with Gasteiger partial charge in [0.15, 0.2) is 0 Å². The van der Waals surface area contributed by atoms with Gasteiger partial charge in [-0.3, -0.25) is 4.98 Å². The Hall–Kier alpha value is -2.65. The van der Waals surface area contributed by atoms with Crippen LogP contribution in [0.1, 0.15) is 43.2 Å². The molecule has 0 saturated carbocycles. The summed E-state index contributed by atoms with van der Waals surface area (Å²) in [5.41, 5.74) is 8.16. The molecule has 2 aromatic carbocycles. The Morgan fingerprint density at radius 2 is 1.53 bits per heavy atom. The Bertz CT molecular complexity index is 1170. The highest BCUT2D eigenvalue weighted by atomic mass is 35.5. The predicted molar refractivity (Wildman–Crippen MR) is 126 cm³/mol. The average molecular weight is 423 g/mol. The molecule has 0 unspecified atom stereocenters. The SMILES string of the molecule is Cc1c(C)n(Cc2ccc(C(C)(C)C)cc2)c2c(-c3ccc(F)cc3)nccc12.Cl. The second-order valence-corrected chi connectivity index (χ2v) is 8.81. The lowest BCUT2D eigenvalue weighted by atomic mass is 9.87. The smallest absolute Gasteiger partial charge is 0.123 e. The number of rotatable bonds is 3. The summed E-state index contributed by atoms with van der Waals surface area (Å²) in [6.45, 7) is 11.8. The molecule has 0 radical (unpaired) electrons. The summed E-state index contributed by atoms with van der Waals surface area (Å²) in [5.74, 6) is -0.234. The van der Waals surface area contributed by atoms with E-state index in [-0.39, 0.29) is 23.6 Å². The van der Waals surface area contributed by atoms with Crippen LogP contribution in [0.4, 0.5) is 4.39 Å². The summed E-state index contributed by atoms with van der Waals surface area (Å²) in [6.07, 6.45) is 1.84. The second-order valence-electron chi connectivity index (χ2n) is 8.81. The molecule has 4 aromatic rings. The largest absolute Gasteiger partial charge is 0.338 e. The molecule has 0 spiro atoms. The zero-order chi connectivity index (χ0) is 20.8. The van der Waals surface area contributed by atoms with Crippen molar-refractivity contribution >= 4 is 23.3 Å². The number of aromatic nitrogens is 2. The van der Waals surface area contributed by atoms with Gasteiger partial charge in [0.25, 0.3) is 0 Å². The molecule has 0 fully saturated rings. The van der Waals surface area contributed by atoms with Crippen LogP contribution in [0.2, 0.25) is 0 Å². The lowest BCUT2D eigenvalue weighted by molar-refractivity contribution is 0.590. The molecule has 0 bridgehead atoms. The molecule has 0 atom stereocenters. The molecule has 4 rings (SSSR count). The van der Waals surface area contributed by atoms with Crippen LogP contribution in [0.25, 0.3) is 22.2 Å². The third-order valence-electron chi connectivity index (χ3n) is 5.82. The first-order chi connectivity index (χ1) is 13.8. The molecule has 156 valence electrons.